The van der Waals surface area contributed by atoms with Gasteiger partial charge < -0.3 is 19.1 Å². The van der Waals surface area contributed by atoms with E-state index >= 15 is 0 Å². The van der Waals surface area contributed by atoms with E-state index < -0.39 is 27.1 Å². The molecule has 0 unspecified atom stereocenters. The molecule has 0 spiro atoms. The van der Waals surface area contributed by atoms with E-state index in [1.54, 1.807) is 25.3 Å². The number of hydrogen-bond acceptors (Lipinski definition) is 10. The van der Waals surface area contributed by atoms with Gasteiger partial charge in [-0.3, -0.25) is 29.8 Å². The summed E-state index contributed by atoms with van der Waals surface area (Å²) in [6.45, 7) is 9.51. The summed E-state index contributed by atoms with van der Waals surface area (Å²) in [5.74, 6) is -0.459. The van der Waals surface area contributed by atoms with E-state index in [4.69, 9.17) is 14.2 Å². The highest BCUT2D eigenvalue weighted by Crippen LogP contribution is 2.55. The van der Waals surface area contributed by atoms with Crippen LogP contribution >= 0.6 is 0 Å². The first kappa shape index (κ1) is 32.8. The average molecular weight is 634 g/mol. The summed E-state index contributed by atoms with van der Waals surface area (Å²) in [7, 11) is 3.08. The quantitative estimate of drug-likeness (QED) is 0.151. The molecule has 244 valence electrons. The Balaban J connectivity index is 1.65. The average Bonchev–Trinajstić information content (AvgIpc) is 2.96. The molecule has 12 heteroatoms. The highest BCUT2D eigenvalue weighted by Gasteiger charge is 2.49. The molecule has 0 radical (unpaired) electrons. The van der Waals surface area contributed by atoms with Crippen molar-refractivity contribution in [2.24, 2.45) is 10.8 Å². The maximum absolute atomic E-state index is 14.0. The predicted octanol–water partition coefficient (Wildman–Crippen LogP) is 7.03. The number of benzene rings is 2. The number of carbonyl (C=O) groups excluding carboxylic acids is 2. The van der Waals surface area contributed by atoms with Gasteiger partial charge in [-0.15, -0.1) is 0 Å². The molecule has 0 saturated heterocycles. The fourth-order valence-corrected chi connectivity index (χ4v) is 6.93. The zero-order valence-corrected chi connectivity index (χ0v) is 27.0. The van der Waals surface area contributed by atoms with Gasteiger partial charge in [0, 0.05) is 67.6 Å². The summed E-state index contributed by atoms with van der Waals surface area (Å²) >= 11 is 0. The van der Waals surface area contributed by atoms with Gasteiger partial charge in [0.05, 0.1) is 23.0 Å². The van der Waals surface area contributed by atoms with Crippen molar-refractivity contribution in [1.82, 2.24) is 4.90 Å². The minimum absolute atomic E-state index is 0.00188. The third-order valence-electron chi connectivity index (χ3n) is 8.84. The summed E-state index contributed by atoms with van der Waals surface area (Å²) in [6.07, 6.45) is 2.76. The fourth-order valence-electron chi connectivity index (χ4n) is 6.93. The first-order valence-corrected chi connectivity index (χ1v) is 15.2. The molecule has 0 fully saturated rings. The maximum Gasteiger partial charge on any atom is 0.318 e. The third kappa shape index (κ3) is 6.26. The van der Waals surface area contributed by atoms with Crippen molar-refractivity contribution >= 4 is 22.9 Å². The number of non-ortho nitro benzene ring substituents is 1. The molecule has 1 heterocycles. The minimum Gasteiger partial charge on any atom is -0.493 e. The molecule has 12 nitrogen and oxygen atoms in total. The Morgan fingerprint density at radius 2 is 1.39 bits per heavy atom. The molecule has 0 atom stereocenters. The Labute approximate surface area is 267 Å². The molecule has 46 heavy (non-hydrogen) atoms. The fraction of sp³-hybridized carbons (Fsp3) is 0.471. The van der Waals surface area contributed by atoms with Crippen LogP contribution in [0.5, 0.6) is 17.2 Å². The van der Waals surface area contributed by atoms with E-state index in [2.05, 4.69) is 32.6 Å². The van der Waals surface area contributed by atoms with Crippen LogP contribution in [-0.4, -0.2) is 53.7 Å². The summed E-state index contributed by atoms with van der Waals surface area (Å²) in [5, 5.41) is 22.9. The van der Waals surface area contributed by atoms with E-state index in [0.29, 0.717) is 55.5 Å². The zero-order chi connectivity index (χ0) is 33.6. The lowest BCUT2D eigenvalue weighted by Gasteiger charge is -2.49. The topological polar surface area (TPSA) is 151 Å². The largest absolute Gasteiger partial charge is 0.493 e. The van der Waals surface area contributed by atoms with Gasteiger partial charge in [-0.1, -0.05) is 33.8 Å². The van der Waals surface area contributed by atoms with Crippen LogP contribution < -0.4 is 9.47 Å². The van der Waals surface area contributed by atoms with E-state index in [1.165, 1.54) is 13.2 Å². The first-order chi connectivity index (χ1) is 21.7. The molecule has 0 amide bonds. The normalized spacial score (nSPS) is 19.1. The Bertz CT molecular complexity index is 1630. The van der Waals surface area contributed by atoms with Gasteiger partial charge in [-0.05, 0) is 53.9 Å². The molecular formula is C34H39N3O9. The van der Waals surface area contributed by atoms with Gasteiger partial charge in [0.1, 0.15) is 0 Å². The molecule has 2 aromatic rings. The van der Waals surface area contributed by atoms with Crippen molar-refractivity contribution < 1.29 is 33.6 Å². The molecule has 2 aromatic carbocycles. The van der Waals surface area contributed by atoms with Crippen molar-refractivity contribution in [2.75, 3.05) is 27.4 Å². The Morgan fingerprint density at radius 1 is 0.804 bits per heavy atom. The van der Waals surface area contributed by atoms with E-state index in [9.17, 15) is 29.8 Å². The number of nitrogens with zero attached hydrogens (tertiary/aromatic N) is 3. The number of nitro groups is 2. The number of rotatable bonds is 10. The van der Waals surface area contributed by atoms with Crippen LogP contribution in [0.4, 0.5) is 11.4 Å². The number of nitro benzene ring substituents is 2. The van der Waals surface area contributed by atoms with E-state index in [0.717, 1.165) is 29.9 Å². The van der Waals surface area contributed by atoms with Gasteiger partial charge >= 0.3 is 5.69 Å². The molecular weight excluding hydrogens is 594 g/mol. The van der Waals surface area contributed by atoms with Crippen LogP contribution in [0.2, 0.25) is 0 Å². The molecule has 0 N–H and O–H groups in total. The SMILES string of the molecule is COCCCN1C2=C(C(=O)CC(C)(C)C2)C(c2ccc(Oc3ccc([N+](=O)[O-])cc3[N+](=O)[O-])c(OC)c2)C2=C1CC(C)(C)CC2=O. The van der Waals surface area contributed by atoms with Crippen LogP contribution in [0.25, 0.3) is 0 Å². The maximum atomic E-state index is 14.0. The third-order valence-corrected chi connectivity index (χ3v) is 8.84. The van der Waals surface area contributed by atoms with E-state index in [1.807, 2.05) is 0 Å². The monoisotopic (exact) mass is 633 g/mol. The number of ether oxygens (including phenoxy) is 3. The van der Waals surface area contributed by atoms with Gasteiger partial charge in [0.2, 0.25) is 5.75 Å². The van der Waals surface area contributed by atoms with Crippen molar-refractivity contribution in [3.05, 3.63) is 84.7 Å². The number of Topliss-reactive ketones (excluding diaryl/α,β-unsaturated/α-hetero) is 2. The summed E-state index contributed by atoms with van der Waals surface area (Å²) in [5.41, 5.74) is 2.23. The Kier molecular flexibility index (Phi) is 8.78. The molecule has 2 aliphatic carbocycles. The van der Waals surface area contributed by atoms with Gasteiger partial charge in [0.15, 0.2) is 23.1 Å². The van der Waals surface area contributed by atoms with Gasteiger partial charge in [-0.2, -0.15) is 0 Å². The van der Waals surface area contributed by atoms with Crippen molar-refractivity contribution in [3.8, 4) is 17.2 Å². The lowest BCUT2D eigenvalue weighted by Crippen LogP contribution is -2.44. The second-order valence-electron chi connectivity index (χ2n) is 13.7. The number of ketones is 2. The molecule has 0 bridgehead atoms. The van der Waals surface area contributed by atoms with Crippen LogP contribution in [0.3, 0.4) is 0 Å². The first-order valence-electron chi connectivity index (χ1n) is 15.2. The number of methoxy groups -OCH3 is 2. The van der Waals surface area contributed by atoms with Crippen LogP contribution in [0, 0.1) is 31.1 Å². The molecule has 0 aromatic heterocycles. The predicted molar refractivity (Wildman–Crippen MR) is 169 cm³/mol. The lowest BCUT2D eigenvalue weighted by atomic mass is 9.63. The zero-order valence-electron chi connectivity index (χ0n) is 27.0. The summed E-state index contributed by atoms with van der Waals surface area (Å²) < 4.78 is 16.9. The Morgan fingerprint density at radius 3 is 1.91 bits per heavy atom. The Hall–Kier alpha value is -4.58. The molecule has 1 aliphatic heterocycles. The van der Waals surface area contributed by atoms with Crippen molar-refractivity contribution in [1.29, 1.82) is 0 Å². The second kappa shape index (κ2) is 12.3. The van der Waals surface area contributed by atoms with Gasteiger partial charge in [0.25, 0.3) is 5.69 Å². The minimum atomic E-state index is -0.752. The van der Waals surface area contributed by atoms with Crippen molar-refractivity contribution in [3.63, 3.8) is 0 Å². The van der Waals surface area contributed by atoms with Crippen LogP contribution in [0.1, 0.15) is 71.3 Å². The van der Waals surface area contributed by atoms with Crippen molar-refractivity contribution in [2.45, 2.75) is 65.7 Å². The van der Waals surface area contributed by atoms with E-state index in [-0.39, 0.29) is 39.6 Å². The molecule has 5 rings (SSSR count). The number of hydrogen-bond donors (Lipinski definition) is 0. The second-order valence-corrected chi connectivity index (χ2v) is 13.7. The highest BCUT2D eigenvalue weighted by atomic mass is 16.6. The molecule has 3 aliphatic rings. The molecule has 0 saturated carbocycles. The smallest absolute Gasteiger partial charge is 0.318 e. The number of allylic oxidation sites excluding steroid dienone is 4. The summed E-state index contributed by atoms with van der Waals surface area (Å²) in [4.78, 5) is 51.7. The summed E-state index contributed by atoms with van der Waals surface area (Å²) in [6, 6.07) is 8.16. The lowest BCUT2D eigenvalue weighted by molar-refractivity contribution is -0.394. The van der Waals surface area contributed by atoms with Crippen LogP contribution in [0.15, 0.2) is 58.9 Å². The van der Waals surface area contributed by atoms with Crippen LogP contribution in [-0.2, 0) is 14.3 Å². The standard InChI is InChI=1S/C34H39N3O9/c1-33(2)16-23-31(25(38)18-33)30(32-24(35(23)12-7-13-44-5)17-34(3,4)19-26(32)39)20-8-10-28(29(14-20)45-6)46-27-11-9-21(36(40)41)15-22(27)37(42)43/h8-11,14-15,30H,7,12-13,16-19H2,1-6H3. The highest BCUT2D eigenvalue weighted by molar-refractivity contribution is 6.06. The van der Waals surface area contributed by atoms with Gasteiger partial charge in [-0.25, -0.2) is 0 Å². The number of carbonyl (C=O) groups is 2.